The van der Waals surface area contributed by atoms with Crippen LogP contribution in [0.5, 0.6) is 0 Å². The number of imide groups is 1. The number of benzene rings is 2. The molecule has 32 heavy (non-hydrogen) atoms. The van der Waals surface area contributed by atoms with E-state index in [1.165, 1.54) is 12.1 Å². The first-order valence-electron chi connectivity index (χ1n) is 10.3. The molecular weight excluding hydrogens is 452 g/mol. The van der Waals surface area contributed by atoms with Crippen molar-refractivity contribution in [1.29, 1.82) is 0 Å². The van der Waals surface area contributed by atoms with Crippen molar-refractivity contribution < 1.29 is 14.0 Å². The van der Waals surface area contributed by atoms with Crippen LogP contribution in [0.2, 0.25) is 10.0 Å². The molecule has 2 heterocycles. The number of fused-ring (bicyclic) bond motifs is 1. The molecule has 3 amide bonds. The number of amides is 3. The Balaban J connectivity index is 1.64. The lowest BCUT2D eigenvalue weighted by Gasteiger charge is -2.45. The van der Waals surface area contributed by atoms with Crippen LogP contribution in [0.15, 0.2) is 36.0 Å². The minimum atomic E-state index is -0.583. The van der Waals surface area contributed by atoms with Crippen molar-refractivity contribution in [2.45, 2.75) is 45.2 Å². The average Bonchev–Trinajstić information content (AvgIpc) is 2.96. The maximum absolute atomic E-state index is 15.0. The van der Waals surface area contributed by atoms with Gasteiger partial charge in [0.2, 0.25) is 0 Å². The molecule has 0 aromatic heterocycles. The van der Waals surface area contributed by atoms with Crippen molar-refractivity contribution in [2.75, 3.05) is 11.9 Å². The lowest BCUT2D eigenvalue weighted by molar-refractivity contribution is -0.123. The van der Waals surface area contributed by atoms with Crippen LogP contribution in [0.3, 0.4) is 0 Å². The lowest BCUT2D eigenvalue weighted by atomic mass is 9.80. The number of hydrogen-bond acceptors (Lipinski definition) is 3. The Labute approximate surface area is 196 Å². The molecule has 2 aliphatic heterocycles. The van der Waals surface area contributed by atoms with Crippen LogP contribution in [-0.2, 0) is 11.3 Å². The second-order valence-corrected chi connectivity index (χ2v) is 9.87. The van der Waals surface area contributed by atoms with Crippen LogP contribution >= 0.6 is 23.2 Å². The second kappa shape index (κ2) is 8.09. The first-order chi connectivity index (χ1) is 15.0. The van der Waals surface area contributed by atoms with E-state index >= 15 is 4.39 Å². The van der Waals surface area contributed by atoms with E-state index in [2.05, 4.69) is 31.0 Å². The molecule has 1 saturated heterocycles. The quantitative estimate of drug-likeness (QED) is 0.440. The molecule has 2 aromatic carbocycles. The predicted octanol–water partition coefficient (Wildman–Crippen LogP) is 5.95. The van der Waals surface area contributed by atoms with E-state index in [-0.39, 0.29) is 29.3 Å². The number of halogens is 3. The molecule has 168 valence electrons. The topological polar surface area (TPSA) is 52.7 Å². The van der Waals surface area contributed by atoms with Gasteiger partial charge < -0.3 is 10.2 Å². The van der Waals surface area contributed by atoms with Crippen molar-refractivity contribution in [3.8, 4) is 0 Å². The van der Waals surface area contributed by atoms with Crippen molar-refractivity contribution >= 4 is 46.9 Å². The van der Waals surface area contributed by atoms with E-state index in [4.69, 9.17) is 23.2 Å². The maximum atomic E-state index is 15.0. The maximum Gasteiger partial charge on any atom is 0.329 e. The molecule has 8 heteroatoms. The molecular formula is C24H24Cl2FN3O2. The third kappa shape index (κ3) is 3.97. The Morgan fingerprint density at radius 3 is 2.62 bits per heavy atom. The normalized spacial score (nSPS) is 21.2. The smallest absolute Gasteiger partial charge is 0.329 e. The van der Waals surface area contributed by atoms with Gasteiger partial charge in [-0.25, -0.2) is 9.18 Å². The van der Waals surface area contributed by atoms with E-state index in [0.717, 1.165) is 22.6 Å². The third-order valence-electron chi connectivity index (χ3n) is 6.36. The van der Waals surface area contributed by atoms with Crippen LogP contribution in [0.25, 0.3) is 6.08 Å². The van der Waals surface area contributed by atoms with Crippen molar-refractivity contribution in [3.05, 3.63) is 68.6 Å². The van der Waals surface area contributed by atoms with Gasteiger partial charge in [0.1, 0.15) is 11.5 Å². The Kier molecular flexibility index (Phi) is 5.72. The highest BCUT2D eigenvalue weighted by Gasteiger charge is 2.36. The molecule has 0 saturated carbocycles. The Hall–Kier alpha value is -2.57. The summed E-state index contributed by atoms with van der Waals surface area (Å²) in [5, 5.41) is 3.37. The number of urea groups is 1. The first-order valence-corrected chi connectivity index (χ1v) is 11.1. The largest absolute Gasteiger partial charge is 0.369 e. The molecule has 0 spiro atoms. The summed E-state index contributed by atoms with van der Waals surface area (Å²) in [7, 11) is 1.96. The van der Waals surface area contributed by atoms with Gasteiger partial charge in [-0.1, -0.05) is 36.2 Å². The van der Waals surface area contributed by atoms with Crippen LogP contribution in [0.1, 0.15) is 49.8 Å². The summed E-state index contributed by atoms with van der Waals surface area (Å²) in [4.78, 5) is 28.4. The van der Waals surface area contributed by atoms with Crippen LogP contribution in [0, 0.1) is 5.82 Å². The second-order valence-electron chi connectivity index (χ2n) is 9.02. The number of nitrogens with one attached hydrogen (secondary N) is 1. The molecule has 1 N–H and O–H groups in total. The number of carbonyl (C=O) groups is 2. The standard InChI is InChI=1S/C24H24Cl2FN3O2/c1-13-11-24(2,3)29(4)21-10-19(27)15(7-17(13)21)8-20-22(31)30(23(32)28-20)12-14-5-6-16(25)9-18(14)26/h5-10,13H,11-12H2,1-4H3,(H,28,32)/b20-8+. The highest BCUT2D eigenvalue weighted by molar-refractivity contribution is 6.35. The van der Waals surface area contributed by atoms with Gasteiger partial charge in [0.05, 0.1) is 6.54 Å². The molecule has 1 unspecified atom stereocenters. The fourth-order valence-corrected chi connectivity index (χ4v) is 4.87. The average molecular weight is 476 g/mol. The van der Waals surface area contributed by atoms with Gasteiger partial charge in [-0.2, -0.15) is 0 Å². The monoisotopic (exact) mass is 475 g/mol. The number of carbonyl (C=O) groups excluding carboxylic acids is 2. The highest BCUT2D eigenvalue weighted by atomic mass is 35.5. The molecule has 4 rings (SSSR count). The predicted molar refractivity (Wildman–Crippen MR) is 125 cm³/mol. The molecule has 2 aromatic rings. The van der Waals surface area contributed by atoms with Crippen molar-refractivity contribution in [3.63, 3.8) is 0 Å². The van der Waals surface area contributed by atoms with Crippen LogP contribution < -0.4 is 10.2 Å². The van der Waals surface area contributed by atoms with Crippen LogP contribution in [0.4, 0.5) is 14.9 Å². The van der Waals surface area contributed by atoms with Gasteiger partial charge in [-0.3, -0.25) is 9.69 Å². The number of nitrogens with zero attached hydrogens (tertiary/aromatic N) is 2. The molecule has 0 bridgehead atoms. The summed E-state index contributed by atoms with van der Waals surface area (Å²) < 4.78 is 15.0. The highest BCUT2D eigenvalue weighted by Crippen LogP contribution is 2.43. The summed E-state index contributed by atoms with van der Waals surface area (Å²) in [6.45, 7) is 6.37. The molecule has 1 fully saturated rings. The Morgan fingerprint density at radius 1 is 1.22 bits per heavy atom. The molecule has 0 radical (unpaired) electrons. The minimum Gasteiger partial charge on any atom is -0.369 e. The van der Waals surface area contributed by atoms with Gasteiger partial charge in [0.15, 0.2) is 0 Å². The molecule has 2 aliphatic rings. The molecule has 1 atom stereocenters. The van der Waals surface area contributed by atoms with Gasteiger partial charge in [0, 0.05) is 33.9 Å². The SMILES string of the molecule is CC1CC(C)(C)N(C)c2cc(F)c(/C=C3/NC(=O)N(Cc4ccc(Cl)cc4Cl)C3=O)cc21. The number of anilines is 1. The Morgan fingerprint density at radius 2 is 1.94 bits per heavy atom. The minimum absolute atomic E-state index is 0.0123. The fraction of sp³-hybridized carbons (Fsp3) is 0.333. The molecule has 0 aliphatic carbocycles. The van der Waals surface area contributed by atoms with E-state index in [9.17, 15) is 9.59 Å². The van der Waals surface area contributed by atoms with E-state index in [0.29, 0.717) is 15.6 Å². The van der Waals surface area contributed by atoms with Gasteiger partial charge in [0.25, 0.3) is 5.91 Å². The van der Waals surface area contributed by atoms with Crippen LogP contribution in [-0.4, -0.2) is 29.4 Å². The zero-order valence-corrected chi connectivity index (χ0v) is 19.8. The van der Waals surface area contributed by atoms with Crippen molar-refractivity contribution in [1.82, 2.24) is 10.2 Å². The lowest BCUT2D eigenvalue weighted by Crippen LogP contribution is -2.45. The van der Waals surface area contributed by atoms with Gasteiger partial charge in [-0.15, -0.1) is 0 Å². The van der Waals surface area contributed by atoms with Gasteiger partial charge >= 0.3 is 6.03 Å². The summed E-state index contributed by atoms with van der Waals surface area (Å²) in [6.07, 6.45) is 2.31. The first kappa shape index (κ1) is 22.6. The van der Waals surface area contributed by atoms with Gasteiger partial charge in [-0.05, 0) is 67.7 Å². The molecule has 5 nitrogen and oxygen atoms in total. The van der Waals surface area contributed by atoms with Crippen molar-refractivity contribution in [2.24, 2.45) is 0 Å². The fourth-order valence-electron chi connectivity index (χ4n) is 4.41. The summed E-state index contributed by atoms with van der Waals surface area (Å²) in [6, 6.07) is 7.54. The van der Waals surface area contributed by atoms with E-state index in [1.54, 1.807) is 24.3 Å². The summed E-state index contributed by atoms with van der Waals surface area (Å²) >= 11 is 12.1. The van der Waals surface area contributed by atoms with E-state index < -0.39 is 17.8 Å². The summed E-state index contributed by atoms with van der Waals surface area (Å²) in [5.41, 5.74) is 2.64. The Bertz CT molecular complexity index is 1160. The zero-order valence-electron chi connectivity index (χ0n) is 18.3. The number of rotatable bonds is 3. The number of hydrogen-bond donors (Lipinski definition) is 1. The third-order valence-corrected chi connectivity index (χ3v) is 6.94. The summed E-state index contributed by atoms with van der Waals surface area (Å²) in [5.74, 6) is -0.759. The zero-order chi connectivity index (χ0) is 23.4. The van der Waals surface area contributed by atoms with E-state index in [1.807, 2.05) is 7.05 Å².